The molecule has 0 radical (unpaired) electrons. The van der Waals surface area contributed by atoms with E-state index in [1.54, 1.807) is 19.2 Å². The lowest BCUT2D eigenvalue weighted by Gasteiger charge is -2.37. The van der Waals surface area contributed by atoms with Crippen molar-refractivity contribution >= 4 is 45.8 Å². The Bertz CT molecular complexity index is 630. The number of piperidine rings is 1. The second kappa shape index (κ2) is 9.62. The molecule has 0 bridgehead atoms. The summed E-state index contributed by atoms with van der Waals surface area (Å²) in [5.41, 5.74) is -0.157. The molecule has 1 fully saturated rings. The molecule has 0 spiro atoms. The molecular formula is C15H24Cl2N2O3S2. The Morgan fingerprint density at radius 3 is 2.58 bits per heavy atom. The minimum atomic E-state index is -3.58. The molecule has 1 aromatic rings. The van der Waals surface area contributed by atoms with E-state index < -0.39 is 10.0 Å². The molecule has 5 nitrogen and oxygen atoms in total. The first-order valence-electron chi connectivity index (χ1n) is 7.45. The molecule has 0 amide bonds. The number of sulfonamides is 1. The smallest absolute Gasteiger partial charge is 0.240 e. The summed E-state index contributed by atoms with van der Waals surface area (Å²) in [7, 11) is -1.93. The standard InChI is InChI=1S/C15H23ClN2O3S2.ClH/c1-21-11-15(5-7-17-8-6-15)10-18-23(19,20)12-3-4-14(22-2)13(16)9-12;/h3-4,9,17-18H,5-8,10-11H2,1-2H3;1H. The van der Waals surface area contributed by atoms with Gasteiger partial charge in [0.05, 0.1) is 16.5 Å². The van der Waals surface area contributed by atoms with Crippen molar-refractivity contribution in [3.8, 4) is 0 Å². The maximum atomic E-state index is 12.5. The van der Waals surface area contributed by atoms with E-state index in [0.29, 0.717) is 18.2 Å². The number of nitrogens with one attached hydrogen (secondary N) is 2. The lowest BCUT2D eigenvalue weighted by atomic mass is 9.80. The van der Waals surface area contributed by atoms with Crippen molar-refractivity contribution in [1.29, 1.82) is 0 Å². The summed E-state index contributed by atoms with van der Waals surface area (Å²) in [4.78, 5) is 1.06. The molecule has 138 valence electrons. The van der Waals surface area contributed by atoms with Gasteiger partial charge in [-0.3, -0.25) is 0 Å². The lowest BCUT2D eigenvalue weighted by Crippen LogP contribution is -2.47. The van der Waals surface area contributed by atoms with Gasteiger partial charge in [0.25, 0.3) is 0 Å². The van der Waals surface area contributed by atoms with Crippen molar-refractivity contribution in [2.75, 3.05) is 39.6 Å². The molecule has 1 saturated heterocycles. The van der Waals surface area contributed by atoms with Crippen LogP contribution in [0.4, 0.5) is 0 Å². The van der Waals surface area contributed by atoms with Gasteiger partial charge in [-0.1, -0.05) is 11.6 Å². The van der Waals surface area contributed by atoms with Gasteiger partial charge in [0.15, 0.2) is 0 Å². The van der Waals surface area contributed by atoms with Crippen LogP contribution < -0.4 is 10.0 Å². The minimum Gasteiger partial charge on any atom is -0.384 e. The predicted molar refractivity (Wildman–Crippen MR) is 102 cm³/mol. The van der Waals surface area contributed by atoms with Crippen LogP contribution in [0.1, 0.15) is 12.8 Å². The highest BCUT2D eigenvalue weighted by Crippen LogP contribution is 2.30. The number of halogens is 2. The Hall–Kier alpha value is -0.0200. The Kier molecular flexibility index (Phi) is 8.82. The molecule has 2 N–H and O–H groups in total. The van der Waals surface area contributed by atoms with Crippen LogP contribution in [-0.4, -0.2) is 48.0 Å². The van der Waals surface area contributed by atoms with Crippen LogP contribution in [0.15, 0.2) is 28.0 Å². The quantitative estimate of drug-likeness (QED) is 0.671. The van der Waals surface area contributed by atoms with Crippen molar-refractivity contribution < 1.29 is 13.2 Å². The normalized spacial score (nSPS) is 17.3. The molecule has 0 saturated carbocycles. The zero-order valence-electron chi connectivity index (χ0n) is 13.8. The van der Waals surface area contributed by atoms with E-state index in [1.165, 1.54) is 17.8 Å². The van der Waals surface area contributed by atoms with E-state index >= 15 is 0 Å². The highest BCUT2D eigenvalue weighted by molar-refractivity contribution is 7.98. The van der Waals surface area contributed by atoms with Crippen molar-refractivity contribution in [1.82, 2.24) is 10.0 Å². The first-order valence-corrected chi connectivity index (χ1v) is 10.5. The summed E-state index contributed by atoms with van der Waals surface area (Å²) >= 11 is 7.61. The SMILES string of the molecule is COCC1(CNS(=O)(=O)c2ccc(SC)c(Cl)c2)CCNCC1.Cl. The highest BCUT2D eigenvalue weighted by Gasteiger charge is 2.33. The molecule has 0 atom stereocenters. The van der Waals surface area contributed by atoms with Crippen LogP contribution in [0.3, 0.4) is 0 Å². The lowest BCUT2D eigenvalue weighted by molar-refractivity contribution is 0.0577. The Labute approximate surface area is 159 Å². The molecule has 2 rings (SSSR count). The molecule has 1 aliphatic heterocycles. The molecule has 1 aliphatic rings. The van der Waals surface area contributed by atoms with E-state index in [-0.39, 0.29) is 22.7 Å². The second-order valence-electron chi connectivity index (χ2n) is 5.80. The largest absolute Gasteiger partial charge is 0.384 e. The third kappa shape index (κ3) is 5.49. The topological polar surface area (TPSA) is 67.4 Å². The van der Waals surface area contributed by atoms with E-state index in [0.717, 1.165) is 30.8 Å². The third-order valence-corrected chi connectivity index (χ3v) is 6.80. The van der Waals surface area contributed by atoms with Gasteiger partial charge < -0.3 is 10.1 Å². The van der Waals surface area contributed by atoms with Gasteiger partial charge in [0.2, 0.25) is 10.0 Å². The number of hydrogen-bond donors (Lipinski definition) is 2. The number of hydrogen-bond acceptors (Lipinski definition) is 5. The number of rotatable bonds is 7. The zero-order valence-corrected chi connectivity index (χ0v) is 17.0. The predicted octanol–water partition coefficient (Wildman–Crippen LogP) is 2.78. The Balaban J connectivity index is 0.00000288. The maximum absolute atomic E-state index is 12.5. The third-order valence-electron chi connectivity index (χ3n) is 4.19. The fourth-order valence-electron chi connectivity index (χ4n) is 2.78. The molecular weight excluding hydrogens is 391 g/mol. The van der Waals surface area contributed by atoms with E-state index in [1.807, 2.05) is 6.26 Å². The second-order valence-corrected chi connectivity index (χ2v) is 8.83. The number of benzene rings is 1. The molecule has 0 aromatic heterocycles. The Morgan fingerprint density at radius 2 is 2.04 bits per heavy atom. The summed E-state index contributed by atoms with van der Waals surface area (Å²) in [6.45, 7) is 2.66. The van der Waals surface area contributed by atoms with Gasteiger partial charge in [0.1, 0.15) is 0 Å². The van der Waals surface area contributed by atoms with Crippen LogP contribution in [0.2, 0.25) is 5.02 Å². The van der Waals surface area contributed by atoms with Crippen LogP contribution in [-0.2, 0) is 14.8 Å². The van der Waals surface area contributed by atoms with Gasteiger partial charge in [-0.2, -0.15) is 0 Å². The summed E-state index contributed by atoms with van der Waals surface area (Å²) < 4.78 is 33.1. The monoisotopic (exact) mass is 414 g/mol. The van der Waals surface area contributed by atoms with Gasteiger partial charge in [-0.25, -0.2) is 13.1 Å². The van der Waals surface area contributed by atoms with Crippen molar-refractivity contribution in [3.63, 3.8) is 0 Å². The molecule has 0 unspecified atom stereocenters. The molecule has 1 heterocycles. The minimum absolute atomic E-state index is 0. The van der Waals surface area contributed by atoms with Crippen LogP contribution in [0.25, 0.3) is 0 Å². The maximum Gasteiger partial charge on any atom is 0.240 e. The first-order chi connectivity index (χ1) is 10.9. The van der Waals surface area contributed by atoms with Crippen molar-refractivity contribution in [3.05, 3.63) is 23.2 Å². The highest BCUT2D eigenvalue weighted by atomic mass is 35.5. The fraction of sp³-hybridized carbons (Fsp3) is 0.600. The van der Waals surface area contributed by atoms with E-state index in [9.17, 15) is 8.42 Å². The average Bonchev–Trinajstić information content (AvgIpc) is 2.54. The van der Waals surface area contributed by atoms with E-state index in [4.69, 9.17) is 16.3 Å². The van der Waals surface area contributed by atoms with Gasteiger partial charge in [0, 0.05) is 24.0 Å². The number of thioether (sulfide) groups is 1. The zero-order chi connectivity index (χ0) is 16.9. The molecule has 24 heavy (non-hydrogen) atoms. The molecule has 9 heteroatoms. The van der Waals surface area contributed by atoms with Crippen LogP contribution in [0, 0.1) is 5.41 Å². The van der Waals surface area contributed by atoms with Gasteiger partial charge >= 0.3 is 0 Å². The van der Waals surface area contributed by atoms with E-state index in [2.05, 4.69) is 10.0 Å². The summed E-state index contributed by atoms with van der Waals surface area (Å²) in [5, 5.41) is 3.75. The summed E-state index contributed by atoms with van der Waals surface area (Å²) in [6.07, 6.45) is 3.67. The summed E-state index contributed by atoms with van der Waals surface area (Å²) in [6, 6.07) is 4.82. The number of methoxy groups -OCH3 is 1. The Morgan fingerprint density at radius 1 is 1.38 bits per heavy atom. The summed E-state index contributed by atoms with van der Waals surface area (Å²) in [5.74, 6) is 0. The fourth-order valence-corrected chi connectivity index (χ4v) is 4.90. The average molecular weight is 415 g/mol. The van der Waals surface area contributed by atoms with Crippen LogP contribution in [0.5, 0.6) is 0 Å². The first kappa shape index (κ1) is 22.0. The number of ether oxygens (including phenoxy) is 1. The van der Waals surface area contributed by atoms with Gasteiger partial charge in [-0.05, 0) is 50.4 Å². The van der Waals surface area contributed by atoms with Crippen LogP contribution >= 0.6 is 35.8 Å². The van der Waals surface area contributed by atoms with Crippen molar-refractivity contribution in [2.24, 2.45) is 5.41 Å². The van der Waals surface area contributed by atoms with Gasteiger partial charge in [-0.15, -0.1) is 24.2 Å². The van der Waals surface area contributed by atoms with Crippen molar-refractivity contribution in [2.45, 2.75) is 22.6 Å². The molecule has 1 aromatic carbocycles. The molecule has 0 aliphatic carbocycles.